The number of rotatable bonds is 2. The minimum atomic E-state index is 0.403. The van der Waals surface area contributed by atoms with E-state index in [0.29, 0.717) is 6.04 Å². The third-order valence-electron chi connectivity index (χ3n) is 2.88. The first kappa shape index (κ1) is 9.69. The van der Waals surface area contributed by atoms with Gasteiger partial charge in [0, 0.05) is 25.7 Å². The van der Waals surface area contributed by atoms with Crippen LogP contribution in [0.4, 0.5) is 0 Å². The Kier molecular flexibility index (Phi) is 2.57. The van der Waals surface area contributed by atoms with Crippen LogP contribution in [0.25, 0.3) is 0 Å². The summed E-state index contributed by atoms with van der Waals surface area (Å²) in [5.41, 5.74) is 9.92. The van der Waals surface area contributed by atoms with Crippen LogP contribution in [0.2, 0.25) is 0 Å². The third-order valence-corrected chi connectivity index (χ3v) is 2.88. The molecule has 2 rings (SSSR count). The smallest absolute Gasteiger partial charge is 0.0297 e. The van der Waals surface area contributed by atoms with E-state index in [1.54, 1.807) is 0 Å². The molecule has 0 amide bonds. The summed E-state index contributed by atoms with van der Waals surface area (Å²) in [4.78, 5) is 2.40. The quantitative estimate of drug-likeness (QED) is 0.764. The Morgan fingerprint density at radius 1 is 1.36 bits per heavy atom. The van der Waals surface area contributed by atoms with Crippen molar-refractivity contribution >= 4 is 0 Å². The Hall–Kier alpha value is -0.860. The molecule has 1 aromatic carbocycles. The van der Waals surface area contributed by atoms with Crippen molar-refractivity contribution in [1.29, 1.82) is 0 Å². The highest BCUT2D eigenvalue weighted by Gasteiger charge is 2.22. The molecule has 1 aliphatic heterocycles. The van der Waals surface area contributed by atoms with E-state index in [1.807, 2.05) is 0 Å². The zero-order chi connectivity index (χ0) is 10.1. The van der Waals surface area contributed by atoms with E-state index in [2.05, 4.69) is 36.9 Å². The van der Waals surface area contributed by atoms with Crippen molar-refractivity contribution in [3.05, 3.63) is 34.9 Å². The van der Waals surface area contributed by atoms with E-state index in [0.717, 1.165) is 19.6 Å². The van der Waals surface area contributed by atoms with Crippen LogP contribution in [0, 0.1) is 13.8 Å². The van der Waals surface area contributed by atoms with Gasteiger partial charge in [-0.1, -0.05) is 23.8 Å². The van der Waals surface area contributed by atoms with Crippen molar-refractivity contribution in [2.75, 3.05) is 13.1 Å². The van der Waals surface area contributed by atoms with Gasteiger partial charge in [0.05, 0.1) is 0 Å². The molecule has 1 aromatic rings. The van der Waals surface area contributed by atoms with Gasteiger partial charge in [-0.2, -0.15) is 0 Å². The maximum Gasteiger partial charge on any atom is 0.0297 e. The topological polar surface area (TPSA) is 29.3 Å². The molecule has 1 fully saturated rings. The Labute approximate surface area is 85.7 Å². The standard InChI is InChI=1S/C12H18N2/c1-9-3-4-10(2)11(5-9)6-14-7-12(13)8-14/h3-5,12H,6-8,13H2,1-2H3. The van der Waals surface area contributed by atoms with Gasteiger partial charge in [-0.25, -0.2) is 0 Å². The molecular weight excluding hydrogens is 172 g/mol. The first-order valence-electron chi connectivity index (χ1n) is 5.19. The van der Waals surface area contributed by atoms with E-state index in [4.69, 9.17) is 5.73 Å². The van der Waals surface area contributed by atoms with Crippen LogP contribution in [0.5, 0.6) is 0 Å². The van der Waals surface area contributed by atoms with Crippen molar-refractivity contribution in [3.8, 4) is 0 Å². The Morgan fingerprint density at radius 2 is 2.07 bits per heavy atom. The average molecular weight is 190 g/mol. The van der Waals surface area contributed by atoms with Gasteiger partial charge in [0.1, 0.15) is 0 Å². The van der Waals surface area contributed by atoms with Crippen molar-refractivity contribution in [1.82, 2.24) is 4.90 Å². The molecule has 0 aromatic heterocycles. The molecule has 0 bridgehead atoms. The number of aryl methyl sites for hydroxylation is 2. The summed E-state index contributed by atoms with van der Waals surface area (Å²) in [5, 5.41) is 0. The van der Waals surface area contributed by atoms with Gasteiger partial charge < -0.3 is 5.73 Å². The summed E-state index contributed by atoms with van der Waals surface area (Å²) >= 11 is 0. The average Bonchev–Trinajstić information content (AvgIpc) is 2.09. The molecule has 2 N–H and O–H groups in total. The molecule has 0 unspecified atom stereocenters. The summed E-state index contributed by atoms with van der Waals surface area (Å²) < 4.78 is 0. The maximum atomic E-state index is 5.75. The van der Waals surface area contributed by atoms with Gasteiger partial charge in [0.15, 0.2) is 0 Å². The van der Waals surface area contributed by atoms with E-state index in [1.165, 1.54) is 16.7 Å². The van der Waals surface area contributed by atoms with E-state index in [9.17, 15) is 0 Å². The first-order chi connectivity index (χ1) is 6.65. The molecule has 1 saturated heterocycles. The monoisotopic (exact) mass is 190 g/mol. The fourth-order valence-corrected chi connectivity index (χ4v) is 1.95. The molecule has 14 heavy (non-hydrogen) atoms. The third kappa shape index (κ3) is 1.97. The summed E-state index contributed by atoms with van der Waals surface area (Å²) in [6.45, 7) is 7.47. The summed E-state index contributed by atoms with van der Waals surface area (Å²) in [7, 11) is 0. The maximum absolute atomic E-state index is 5.75. The SMILES string of the molecule is Cc1ccc(C)c(CN2CC(N)C2)c1. The molecular formula is C12H18N2. The van der Waals surface area contributed by atoms with Gasteiger partial charge in [-0.3, -0.25) is 4.90 Å². The van der Waals surface area contributed by atoms with Gasteiger partial charge in [-0.05, 0) is 25.0 Å². The van der Waals surface area contributed by atoms with Crippen LogP contribution in [0.1, 0.15) is 16.7 Å². The summed E-state index contributed by atoms with van der Waals surface area (Å²) in [6, 6.07) is 7.05. The lowest BCUT2D eigenvalue weighted by molar-refractivity contribution is 0.142. The lowest BCUT2D eigenvalue weighted by atomic mass is 10.0. The molecule has 1 aliphatic rings. The van der Waals surface area contributed by atoms with Crippen LogP contribution >= 0.6 is 0 Å². The van der Waals surface area contributed by atoms with Gasteiger partial charge in [0.2, 0.25) is 0 Å². The zero-order valence-corrected chi connectivity index (χ0v) is 8.96. The zero-order valence-electron chi connectivity index (χ0n) is 8.96. The molecule has 76 valence electrons. The first-order valence-corrected chi connectivity index (χ1v) is 5.19. The number of nitrogens with zero attached hydrogens (tertiary/aromatic N) is 1. The van der Waals surface area contributed by atoms with Crippen molar-refractivity contribution in [2.24, 2.45) is 5.73 Å². The predicted octanol–water partition coefficient (Wildman–Crippen LogP) is 1.45. The second kappa shape index (κ2) is 3.71. The molecule has 2 heteroatoms. The highest BCUT2D eigenvalue weighted by atomic mass is 15.2. The largest absolute Gasteiger partial charge is 0.325 e. The van der Waals surface area contributed by atoms with Crippen LogP contribution in [-0.2, 0) is 6.54 Å². The van der Waals surface area contributed by atoms with Crippen molar-refractivity contribution in [2.45, 2.75) is 26.4 Å². The van der Waals surface area contributed by atoms with E-state index >= 15 is 0 Å². The molecule has 0 atom stereocenters. The Balaban J connectivity index is 2.05. The number of hydrogen-bond acceptors (Lipinski definition) is 2. The second-order valence-corrected chi connectivity index (χ2v) is 4.38. The number of benzene rings is 1. The van der Waals surface area contributed by atoms with Crippen LogP contribution in [0.15, 0.2) is 18.2 Å². The lowest BCUT2D eigenvalue weighted by Crippen LogP contribution is -2.54. The minimum absolute atomic E-state index is 0.403. The number of nitrogens with two attached hydrogens (primary N) is 1. The predicted molar refractivity (Wildman–Crippen MR) is 59.2 cm³/mol. The Morgan fingerprint density at radius 3 is 2.71 bits per heavy atom. The number of likely N-dealkylation sites (tertiary alicyclic amines) is 1. The molecule has 0 saturated carbocycles. The molecule has 0 aliphatic carbocycles. The minimum Gasteiger partial charge on any atom is -0.325 e. The molecule has 1 heterocycles. The van der Waals surface area contributed by atoms with E-state index in [-0.39, 0.29) is 0 Å². The summed E-state index contributed by atoms with van der Waals surface area (Å²) in [6.07, 6.45) is 0. The number of hydrogen-bond donors (Lipinski definition) is 1. The fourth-order valence-electron chi connectivity index (χ4n) is 1.95. The van der Waals surface area contributed by atoms with Gasteiger partial charge in [-0.15, -0.1) is 0 Å². The van der Waals surface area contributed by atoms with Crippen LogP contribution in [0.3, 0.4) is 0 Å². The van der Waals surface area contributed by atoms with Crippen molar-refractivity contribution in [3.63, 3.8) is 0 Å². The Bertz CT molecular complexity index is 327. The van der Waals surface area contributed by atoms with Gasteiger partial charge in [0.25, 0.3) is 0 Å². The second-order valence-electron chi connectivity index (χ2n) is 4.38. The normalized spacial score (nSPS) is 18.2. The van der Waals surface area contributed by atoms with Gasteiger partial charge >= 0.3 is 0 Å². The van der Waals surface area contributed by atoms with E-state index < -0.39 is 0 Å². The lowest BCUT2D eigenvalue weighted by Gasteiger charge is -2.37. The van der Waals surface area contributed by atoms with Crippen LogP contribution in [-0.4, -0.2) is 24.0 Å². The highest BCUT2D eigenvalue weighted by molar-refractivity contribution is 5.30. The molecule has 0 radical (unpaired) electrons. The summed E-state index contributed by atoms with van der Waals surface area (Å²) in [5.74, 6) is 0. The highest BCUT2D eigenvalue weighted by Crippen LogP contribution is 2.16. The fraction of sp³-hybridized carbons (Fsp3) is 0.500. The molecule has 0 spiro atoms. The van der Waals surface area contributed by atoms with Crippen LogP contribution < -0.4 is 5.73 Å². The van der Waals surface area contributed by atoms with Crippen molar-refractivity contribution < 1.29 is 0 Å². The molecule has 2 nitrogen and oxygen atoms in total.